The van der Waals surface area contributed by atoms with Crippen molar-refractivity contribution in [2.75, 3.05) is 6.61 Å². The van der Waals surface area contributed by atoms with E-state index in [9.17, 15) is 17.6 Å². The summed E-state index contributed by atoms with van der Waals surface area (Å²) in [6, 6.07) is 5.03. The molecule has 2 aliphatic rings. The molecular formula is C26H28F4O. The molecule has 1 fully saturated rings. The predicted octanol–water partition coefficient (Wildman–Crippen LogP) is 7.57. The van der Waals surface area contributed by atoms with Gasteiger partial charge in [-0.1, -0.05) is 25.8 Å². The van der Waals surface area contributed by atoms with Crippen LogP contribution in [-0.4, -0.2) is 12.7 Å². The SMILES string of the molecule is CCCCCOC1CCC(c2cc(F)c(C3=Cc4cc(F)c(F)cc4C3)c(F)c2)CC1. The van der Waals surface area contributed by atoms with Crippen LogP contribution in [0, 0.1) is 23.3 Å². The lowest BCUT2D eigenvalue weighted by atomic mass is 9.82. The molecule has 2 aromatic carbocycles. The maximum Gasteiger partial charge on any atom is 0.159 e. The van der Waals surface area contributed by atoms with Gasteiger partial charge in [0, 0.05) is 12.2 Å². The van der Waals surface area contributed by atoms with Crippen molar-refractivity contribution in [3.63, 3.8) is 0 Å². The Balaban J connectivity index is 1.44. The van der Waals surface area contributed by atoms with Crippen molar-refractivity contribution < 1.29 is 22.3 Å². The third-order valence-corrected chi connectivity index (χ3v) is 6.53. The Bertz CT molecular complexity index is 951. The van der Waals surface area contributed by atoms with Crippen LogP contribution in [0.15, 0.2) is 24.3 Å². The fraction of sp³-hybridized carbons (Fsp3) is 0.462. The second kappa shape index (κ2) is 9.56. The lowest BCUT2D eigenvalue weighted by molar-refractivity contribution is 0.0227. The van der Waals surface area contributed by atoms with E-state index < -0.39 is 23.3 Å². The van der Waals surface area contributed by atoms with Crippen LogP contribution in [0.2, 0.25) is 0 Å². The van der Waals surface area contributed by atoms with E-state index in [1.807, 2.05) is 0 Å². The van der Waals surface area contributed by atoms with Crippen molar-refractivity contribution in [1.29, 1.82) is 0 Å². The highest BCUT2D eigenvalue weighted by Crippen LogP contribution is 2.39. The number of unbranched alkanes of at least 4 members (excludes halogenated alkanes) is 2. The van der Waals surface area contributed by atoms with Crippen LogP contribution in [0.5, 0.6) is 0 Å². The normalized spacial score (nSPS) is 20.6. The van der Waals surface area contributed by atoms with Crippen LogP contribution in [0.4, 0.5) is 17.6 Å². The van der Waals surface area contributed by atoms with Crippen molar-refractivity contribution in [2.45, 2.75) is 70.3 Å². The second-order valence-electron chi connectivity index (χ2n) is 8.72. The first-order valence-electron chi connectivity index (χ1n) is 11.3. The molecule has 0 N–H and O–H groups in total. The minimum Gasteiger partial charge on any atom is -0.378 e. The average Bonchev–Trinajstić information content (AvgIpc) is 3.13. The molecule has 0 spiro atoms. The fourth-order valence-corrected chi connectivity index (χ4v) is 4.80. The first kappa shape index (κ1) is 22.1. The van der Waals surface area contributed by atoms with Crippen LogP contribution >= 0.6 is 0 Å². The predicted molar refractivity (Wildman–Crippen MR) is 115 cm³/mol. The van der Waals surface area contributed by atoms with E-state index in [1.165, 1.54) is 25.0 Å². The van der Waals surface area contributed by atoms with E-state index >= 15 is 0 Å². The van der Waals surface area contributed by atoms with Crippen LogP contribution in [-0.2, 0) is 11.2 Å². The number of fused-ring (bicyclic) bond motifs is 1. The topological polar surface area (TPSA) is 9.23 Å². The summed E-state index contributed by atoms with van der Waals surface area (Å²) in [5.74, 6) is -3.03. The van der Waals surface area contributed by atoms with Crippen molar-refractivity contribution in [3.8, 4) is 0 Å². The molecule has 0 aliphatic heterocycles. The first-order valence-corrected chi connectivity index (χ1v) is 11.3. The summed E-state index contributed by atoms with van der Waals surface area (Å²) in [5.41, 5.74) is 1.99. The zero-order chi connectivity index (χ0) is 22.0. The average molecular weight is 433 g/mol. The molecule has 2 aromatic rings. The van der Waals surface area contributed by atoms with Gasteiger partial charge in [0.15, 0.2) is 11.6 Å². The summed E-state index contributed by atoms with van der Waals surface area (Å²) in [5, 5.41) is 0. The lowest BCUT2D eigenvalue weighted by Crippen LogP contribution is -2.21. The summed E-state index contributed by atoms with van der Waals surface area (Å²) in [6.45, 7) is 2.95. The number of rotatable bonds is 7. The third-order valence-electron chi connectivity index (χ3n) is 6.53. The Labute approximate surface area is 181 Å². The van der Waals surface area contributed by atoms with Gasteiger partial charge in [-0.2, -0.15) is 0 Å². The van der Waals surface area contributed by atoms with Gasteiger partial charge in [0.1, 0.15) is 11.6 Å². The Kier molecular flexibility index (Phi) is 6.80. The van der Waals surface area contributed by atoms with E-state index in [0.717, 1.165) is 50.8 Å². The van der Waals surface area contributed by atoms with Gasteiger partial charge in [-0.15, -0.1) is 0 Å². The molecule has 5 heteroatoms. The molecule has 1 saturated carbocycles. The van der Waals surface area contributed by atoms with Crippen molar-refractivity contribution >= 4 is 11.6 Å². The number of ether oxygens (including phenoxy) is 1. The molecule has 0 heterocycles. The smallest absolute Gasteiger partial charge is 0.159 e. The number of allylic oxidation sites excluding steroid dienone is 1. The summed E-state index contributed by atoms with van der Waals surface area (Å²) in [7, 11) is 0. The van der Waals surface area contributed by atoms with Crippen LogP contribution in [0.1, 0.15) is 80.0 Å². The van der Waals surface area contributed by atoms with Gasteiger partial charge in [0.25, 0.3) is 0 Å². The fourth-order valence-electron chi connectivity index (χ4n) is 4.80. The first-order chi connectivity index (χ1) is 15.0. The molecule has 0 atom stereocenters. The minimum absolute atomic E-state index is 0.103. The van der Waals surface area contributed by atoms with Crippen LogP contribution in [0.25, 0.3) is 11.6 Å². The summed E-state index contributed by atoms with van der Waals surface area (Å²) in [4.78, 5) is 0. The zero-order valence-electron chi connectivity index (χ0n) is 17.8. The second-order valence-corrected chi connectivity index (χ2v) is 8.72. The summed E-state index contributed by atoms with van der Waals surface area (Å²) < 4.78 is 62.9. The van der Waals surface area contributed by atoms with Gasteiger partial charge in [-0.05, 0) is 91.0 Å². The molecule has 2 aliphatic carbocycles. The number of hydrogen-bond donors (Lipinski definition) is 0. The Morgan fingerprint density at radius 3 is 2.19 bits per heavy atom. The Morgan fingerprint density at radius 1 is 0.839 bits per heavy atom. The molecule has 4 rings (SSSR count). The maximum atomic E-state index is 15.0. The van der Waals surface area contributed by atoms with Crippen LogP contribution in [0.3, 0.4) is 0 Å². The Morgan fingerprint density at radius 2 is 1.52 bits per heavy atom. The van der Waals surface area contributed by atoms with E-state index in [-0.39, 0.29) is 24.0 Å². The molecule has 0 bridgehead atoms. The zero-order valence-corrected chi connectivity index (χ0v) is 17.8. The van der Waals surface area contributed by atoms with E-state index in [4.69, 9.17) is 4.74 Å². The van der Waals surface area contributed by atoms with E-state index in [1.54, 1.807) is 6.08 Å². The number of halogens is 4. The highest BCUT2D eigenvalue weighted by atomic mass is 19.2. The molecule has 166 valence electrons. The Hall–Kier alpha value is -2.14. The highest BCUT2D eigenvalue weighted by molar-refractivity contribution is 5.89. The van der Waals surface area contributed by atoms with Gasteiger partial charge in [0.2, 0.25) is 0 Å². The molecule has 0 radical (unpaired) electrons. The number of hydrogen-bond acceptors (Lipinski definition) is 1. The molecule has 31 heavy (non-hydrogen) atoms. The molecule has 1 nitrogen and oxygen atoms in total. The lowest BCUT2D eigenvalue weighted by Gasteiger charge is -2.29. The van der Waals surface area contributed by atoms with Crippen molar-refractivity contribution in [3.05, 3.63) is 69.8 Å². The highest BCUT2D eigenvalue weighted by Gasteiger charge is 2.27. The van der Waals surface area contributed by atoms with Gasteiger partial charge in [0.05, 0.1) is 6.10 Å². The quantitative estimate of drug-likeness (QED) is 0.324. The largest absolute Gasteiger partial charge is 0.378 e. The maximum absolute atomic E-state index is 15.0. The van der Waals surface area contributed by atoms with Gasteiger partial charge in [-0.3, -0.25) is 0 Å². The summed E-state index contributed by atoms with van der Waals surface area (Å²) >= 11 is 0. The van der Waals surface area contributed by atoms with Crippen LogP contribution < -0.4 is 0 Å². The third kappa shape index (κ3) is 4.87. The molecule has 0 amide bonds. The van der Waals surface area contributed by atoms with E-state index in [0.29, 0.717) is 22.3 Å². The van der Waals surface area contributed by atoms with Gasteiger partial charge in [-0.25, -0.2) is 17.6 Å². The monoisotopic (exact) mass is 432 g/mol. The number of benzene rings is 2. The molecular weight excluding hydrogens is 404 g/mol. The standard InChI is InChI=1S/C26H28F4O/c1-2-3-4-9-31-21-7-5-16(6-8-21)19-14-24(29)26(25(30)15-19)20-10-17-12-22(27)23(28)13-18(17)11-20/h10,12-16,21H,2-9,11H2,1H3. The van der Waals surface area contributed by atoms with Crippen molar-refractivity contribution in [2.24, 2.45) is 0 Å². The molecule has 0 aromatic heterocycles. The minimum atomic E-state index is -0.961. The summed E-state index contributed by atoms with van der Waals surface area (Å²) in [6.07, 6.45) is 8.88. The van der Waals surface area contributed by atoms with E-state index in [2.05, 4.69) is 6.92 Å². The van der Waals surface area contributed by atoms with Gasteiger partial charge >= 0.3 is 0 Å². The molecule has 0 unspecified atom stereocenters. The van der Waals surface area contributed by atoms with Crippen molar-refractivity contribution in [1.82, 2.24) is 0 Å². The van der Waals surface area contributed by atoms with Gasteiger partial charge < -0.3 is 4.74 Å². The molecule has 0 saturated heterocycles.